The second-order valence-electron chi connectivity index (χ2n) is 10.2. The van der Waals surface area contributed by atoms with Gasteiger partial charge >= 0.3 is 0 Å². The first-order valence-corrected chi connectivity index (χ1v) is 13.7. The lowest BCUT2D eigenvalue weighted by Crippen LogP contribution is -2.35. The van der Waals surface area contributed by atoms with Gasteiger partial charge in [0.1, 0.15) is 17.6 Å². The number of benzene rings is 2. The van der Waals surface area contributed by atoms with Crippen LogP contribution in [0.5, 0.6) is 0 Å². The van der Waals surface area contributed by atoms with Crippen LogP contribution in [-0.4, -0.2) is 30.7 Å². The minimum atomic E-state index is -1.00. The predicted molar refractivity (Wildman–Crippen MR) is 151 cm³/mol. The highest BCUT2D eigenvalue weighted by Crippen LogP contribution is 2.35. The molecule has 2 unspecified atom stereocenters. The molecule has 0 N–H and O–H groups in total. The summed E-state index contributed by atoms with van der Waals surface area (Å²) in [6.45, 7) is 3.97. The molecule has 1 saturated heterocycles. The molecule has 2 aliphatic heterocycles. The average Bonchev–Trinajstić information content (AvgIpc) is 2.99. The normalized spacial score (nSPS) is 18.1. The van der Waals surface area contributed by atoms with Crippen LogP contribution in [0.4, 0.5) is 10.1 Å². The van der Waals surface area contributed by atoms with Crippen LogP contribution in [0.3, 0.4) is 0 Å². The Morgan fingerprint density at radius 3 is 2.58 bits per heavy atom. The van der Waals surface area contributed by atoms with Crippen molar-refractivity contribution in [3.05, 3.63) is 99.4 Å². The molecule has 3 aromatic rings. The van der Waals surface area contributed by atoms with Gasteiger partial charge in [-0.05, 0) is 61.6 Å². The third kappa shape index (κ3) is 6.18. The second kappa shape index (κ2) is 12.6. The fraction of sp³-hybridized carbons (Fsp3) is 0.375. The first kappa shape index (κ1) is 27.8. The Morgan fingerprint density at radius 1 is 1.15 bits per heavy atom. The maximum Gasteiger partial charge on any atom is 0.274 e. The van der Waals surface area contributed by atoms with Gasteiger partial charge in [-0.25, -0.2) is 4.39 Å². The fourth-order valence-electron chi connectivity index (χ4n) is 5.21. The molecule has 1 fully saturated rings. The van der Waals surface area contributed by atoms with Crippen LogP contribution >= 0.6 is 0 Å². The van der Waals surface area contributed by atoms with E-state index in [0.29, 0.717) is 50.6 Å². The van der Waals surface area contributed by atoms with Crippen LogP contribution in [0.25, 0.3) is 11.1 Å². The lowest BCUT2D eigenvalue weighted by Gasteiger charge is -2.31. The number of anilines is 1. The molecule has 0 bridgehead atoms. The molecule has 0 aliphatic carbocycles. The molecule has 40 heavy (non-hydrogen) atoms. The van der Waals surface area contributed by atoms with E-state index in [1.165, 1.54) is 16.7 Å². The number of pyridine rings is 1. The number of hydrogen-bond acceptors (Lipinski definition) is 6. The Balaban J connectivity index is 1.65. The van der Waals surface area contributed by atoms with Gasteiger partial charge < -0.3 is 23.7 Å². The highest BCUT2D eigenvalue weighted by atomic mass is 19.1. The smallest absolute Gasteiger partial charge is 0.274 e. The van der Waals surface area contributed by atoms with Crippen molar-refractivity contribution in [3.63, 3.8) is 0 Å². The first-order chi connectivity index (χ1) is 19.4. The summed E-state index contributed by atoms with van der Waals surface area (Å²) in [4.78, 5) is 16.1. The van der Waals surface area contributed by atoms with Crippen molar-refractivity contribution in [1.82, 2.24) is 4.57 Å². The lowest BCUT2D eigenvalue weighted by molar-refractivity contribution is -0.179. The number of nitrogens with zero attached hydrogens (tertiary/aromatic N) is 3. The summed E-state index contributed by atoms with van der Waals surface area (Å²) >= 11 is 0. The minimum absolute atomic E-state index is 0.256. The van der Waals surface area contributed by atoms with Gasteiger partial charge in [-0.2, -0.15) is 5.26 Å². The van der Waals surface area contributed by atoms with Crippen LogP contribution in [0.1, 0.15) is 48.6 Å². The Kier molecular flexibility index (Phi) is 8.75. The van der Waals surface area contributed by atoms with Crippen LogP contribution in [0.15, 0.2) is 71.2 Å². The average molecular weight is 544 g/mol. The molecule has 0 radical (unpaired) electrons. The highest BCUT2D eigenvalue weighted by Gasteiger charge is 2.29. The van der Waals surface area contributed by atoms with Crippen molar-refractivity contribution < 1.29 is 18.6 Å². The van der Waals surface area contributed by atoms with Gasteiger partial charge in [0.05, 0.1) is 18.9 Å². The number of hydrogen-bond donors (Lipinski definition) is 0. The third-order valence-electron chi connectivity index (χ3n) is 7.43. The van der Waals surface area contributed by atoms with E-state index in [9.17, 15) is 14.4 Å². The van der Waals surface area contributed by atoms with Gasteiger partial charge in [0, 0.05) is 37.9 Å². The zero-order valence-electron chi connectivity index (χ0n) is 22.9. The van der Waals surface area contributed by atoms with Crippen molar-refractivity contribution in [2.75, 3.05) is 24.7 Å². The molecular formula is C32H34FN3O4. The highest BCUT2D eigenvalue weighted by molar-refractivity contribution is 5.72. The summed E-state index contributed by atoms with van der Waals surface area (Å²) in [6, 6.07) is 18.4. The monoisotopic (exact) mass is 543 g/mol. The zero-order valence-corrected chi connectivity index (χ0v) is 22.9. The summed E-state index contributed by atoms with van der Waals surface area (Å²) in [7, 11) is 1.68. The van der Waals surface area contributed by atoms with Crippen molar-refractivity contribution in [3.8, 4) is 17.2 Å². The number of nitriles is 1. The van der Waals surface area contributed by atoms with E-state index >= 15 is 0 Å². The maximum atomic E-state index is 14.1. The molecule has 2 atom stereocenters. The van der Waals surface area contributed by atoms with E-state index in [1.54, 1.807) is 19.2 Å². The van der Waals surface area contributed by atoms with E-state index < -0.39 is 12.4 Å². The van der Waals surface area contributed by atoms with Gasteiger partial charge in [0.15, 0.2) is 12.4 Å². The van der Waals surface area contributed by atoms with Gasteiger partial charge in [-0.3, -0.25) is 4.79 Å². The van der Waals surface area contributed by atoms with Crippen molar-refractivity contribution >= 4 is 5.69 Å². The molecule has 208 valence electrons. The van der Waals surface area contributed by atoms with Crippen LogP contribution in [0.2, 0.25) is 0 Å². The molecule has 0 saturated carbocycles. The quantitative estimate of drug-likeness (QED) is 0.351. The van der Waals surface area contributed by atoms with Crippen LogP contribution in [-0.2, 0) is 27.8 Å². The van der Waals surface area contributed by atoms with E-state index in [4.69, 9.17) is 14.2 Å². The van der Waals surface area contributed by atoms with Crippen LogP contribution < -0.4 is 10.5 Å². The molecule has 8 heteroatoms. The fourth-order valence-corrected chi connectivity index (χ4v) is 5.21. The molecule has 5 rings (SSSR count). The Hall–Kier alpha value is -3.77. The van der Waals surface area contributed by atoms with Crippen molar-refractivity contribution in [2.45, 2.75) is 51.5 Å². The Bertz CT molecular complexity index is 1450. The zero-order chi connectivity index (χ0) is 28.1. The van der Waals surface area contributed by atoms with E-state index in [1.807, 2.05) is 48.2 Å². The topological polar surface area (TPSA) is 76.7 Å². The standard InChI is InChI=1S/C32H34FN3O4/c1-22-6-10-24(11-7-22)27-19-28(32(37)35(2)31(27)29(20-34)40-30-5-3-4-16-39-30)36(26-14-17-38-18-15-26)21-23-8-12-25(33)13-9-23/h6-14,19,29-30H,3-5,15-18,21H2,1-2H3. The summed E-state index contributed by atoms with van der Waals surface area (Å²) in [5.74, 6) is -0.313. The Labute approximate surface area is 234 Å². The van der Waals surface area contributed by atoms with Gasteiger partial charge in [-0.15, -0.1) is 0 Å². The van der Waals surface area contributed by atoms with E-state index in [-0.39, 0.29) is 11.4 Å². The molecule has 2 aromatic carbocycles. The number of aromatic nitrogens is 1. The molecular weight excluding hydrogens is 509 g/mol. The number of rotatable bonds is 8. The van der Waals surface area contributed by atoms with Crippen molar-refractivity contribution in [2.24, 2.45) is 7.05 Å². The molecule has 3 heterocycles. The van der Waals surface area contributed by atoms with E-state index in [2.05, 4.69) is 6.07 Å². The lowest BCUT2D eigenvalue weighted by atomic mass is 9.98. The first-order valence-electron chi connectivity index (χ1n) is 13.7. The number of aryl methyl sites for hydroxylation is 1. The number of halogens is 1. The maximum absolute atomic E-state index is 14.1. The summed E-state index contributed by atoms with van der Waals surface area (Å²) in [5, 5.41) is 10.2. The molecule has 0 amide bonds. The van der Waals surface area contributed by atoms with Crippen molar-refractivity contribution in [1.29, 1.82) is 5.26 Å². The predicted octanol–water partition coefficient (Wildman–Crippen LogP) is 5.92. The molecule has 0 spiro atoms. The van der Waals surface area contributed by atoms with E-state index in [0.717, 1.165) is 40.8 Å². The van der Waals surface area contributed by atoms with Gasteiger partial charge in [0.25, 0.3) is 5.56 Å². The van der Waals surface area contributed by atoms with Crippen LogP contribution in [0, 0.1) is 24.1 Å². The Morgan fingerprint density at radius 2 is 1.93 bits per heavy atom. The summed E-state index contributed by atoms with van der Waals surface area (Å²) in [5.41, 5.74) is 5.22. The van der Waals surface area contributed by atoms with Gasteiger partial charge in [0.2, 0.25) is 0 Å². The summed E-state index contributed by atoms with van der Waals surface area (Å²) < 4.78 is 32.7. The molecule has 1 aromatic heterocycles. The SMILES string of the molecule is Cc1ccc(-c2cc(N(Cc3ccc(F)cc3)C3=CCOCC3)c(=O)n(C)c2C(C#N)OC2CCCCO2)cc1. The summed E-state index contributed by atoms with van der Waals surface area (Å²) in [6.07, 6.45) is 3.74. The number of ether oxygens (including phenoxy) is 3. The van der Waals surface area contributed by atoms with Gasteiger partial charge in [-0.1, -0.05) is 42.0 Å². The minimum Gasteiger partial charge on any atom is -0.377 e. The third-order valence-corrected chi connectivity index (χ3v) is 7.43. The molecule has 7 nitrogen and oxygen atoms in total. The second-order valence-corrected chi connectivity index (χ2v) is 10.2. The largest absolute Gasteiger partial charge is 0.377 e. The molecule has 2 aliphatic rings.